The number of hydrogen-bond donors (Lipinski definition) is 2. The number of hydrogen-bond acceptors (Lipinski definition) is 6. The van der Waals surface area contributed by atoms with Crippen molar-refractivity contribution >= 4 is 21.9 Å². The van der Waals surface area contributed by atoms with Crippen molar-refractivity contribution in [3.63, 3.8) is 0 Å². The van der Waals surface area contributed by atoms with E-state index in [0.29, 0.717) is 0 Å². The van der Waals surface area contributed by atoms with Gasteiger partial charge in [-0.1, -0.05) is 5.10 Å². The Kier molecular flexibility index (Phi) is 3.68. The fourth-order valence-electron chi connectivity index (χ4n) is 1.70. The van der Waals surface area contributed by atoms with Crippen LogP contribution in [0.1, 0.15) is 30.4 Å². The molecule has 2 rings (SSSR count). The molecule has 0 saturated carbocycles. The molecule has 2 aromatic heterocycles. The number of rotatable bonds is 5. The van der Waals surface area contributed by atoms with Crippen LogP contribution >= 0.6 is 0 Å². The minimum absolute atomic E-state index is 0.113. The maximum atomic E-state index is 12.2. The summed E-state index contributed by atoms with van der Waals surface area (Å²) >= 11 is 0. The van der Waals surface area contributed by atoms with Crippen molar-refractivity contribution in [3.05, 3.63) is 18.0 Å². The minimum Gasteiger partial charge on any atom is -0.477 e. The van der Waals surface area contributed by atoms with Gasteiger partial charge in [-0.3, -0.25) is 0 Å². The molecule has 114 valence electrons. The second-order valence-corrected chi connectivity index (χ2v) is 6.26. The van der Waals surface area contributed by atoms with Crippen LogP contribution in [-0.2, 0) is 17.1 Å². The lowest BCUT2D eigenvalue weighted by Gasteiger charge is -2.09. The summed E-state index contributed by atoms with van der Waals surface area (Å²) in [6.07, 6.45) is 1.26. The van der Waals surface area contributed by atoms with Gasteiger partial charge in [0.1, 0.15) is 10.6 Å². The zero-order chi connectivity index (χ0) is 15.8. The van der Waals surface area contributed by atoms with Gasteiger partial charge in [-0.15, -0.1) is 5.10 Å². The highest BCUT2D eigenvalue weighted by molar-refractivity contribution is 7.92. The van der Waals surface area contributed by atoms with Crippen LogP contribution in [-0.4, -0.2) is 44.3 Å². The van der Waals surface area contributed by atoms with Gasteiger partial charge in [0, 0.05) is 12.2 Å². The Balaban J connectivity index is 2.40. The van der Waals surface area contributed by atoms with Crippen molar-refractivity contribution in [2.24, 2.45) is 7.05 Å². The Morgan fingerprint density at radius 1 is 1.43 bits per heavy atom. The second kappa shape index (κ2) is 5.16. The average molecular weight is 314 g/mol. The van der Waals surface area contributed by atoms with Crippen LogP contribution in [0, 0.1) is 0 Å². The third-order valence-corrected chi connectivity index (χ3v) is 3.94. The Morgan fingerprint density at radius 2 is 2.10 bits per heavy atom. The molecule has 0 aliphatic carbocycles. The van der Waals surface area contributed by atoms with E-state index in [4.69, 9.17) is 5.11 Å². The molecular weight excluding hydrogens is 300 g/mol. The van der Waals surface area contributed by atoms with E-state index < -0.39 is 16.0 Å². The van der Waals surface area contributed by atoms with Gasteiger partial charge in [-0.25, -0.2) is 17.9 Å². The number of carboxylic acid groups (broad SMARTS) is 1. The van der Waals surface area contributed by atoms with E-state index in [1.165, 1.54) is 17.8 Å². The molecule has 0 aliphatic rings. The fourth-order valence-corrected chi connectivity index (χ4v) is 2.66. The number of anilines is 1. The first-order valence-corrected chi connectivity index (χ1v) is 7.41. The Hall–Kier alpha value is -2.43. The Morgan fingerprint density at radius 3 is 2.52 bits per heavy atom. The van der Waals surface area contributed by atoms with E-state index in [1.807, 2.05) is 0 Å². The summed E-state index contributed by atoms with van der Waals surface area (Å²) in [5, 5.41) is 19.8. The summed E-state index contributed by atoms with van der Waals surface area (Å²) in [6.45, 7) is 3.50. The van der Waals surface area contributed by atoms with E-state index in [9.17, 15) is 13.2 Å². The summed E-state index contributed by atoms with van der Waals surface area (Å²) in [6, 6.07) is 0.885. The number of nitrogens with zero attached hydrogens (tertiary/aromatic N) is 5. The van der Waals surface area contributed by atoms with Crippen LogP contribution in [0.2, 0.25) is 0 Å². The lowest BCUT2D eigenvalue weighted by molar-refractivity contribution is 0.0683. The standard InChI is InChI=1S/C10H14N6O4S/c1-6(2)16-5-7(4-8(16)9(17)18)21(19,20)13-10-11-14-15(3)12-10/h4-6H,1-3H3,(H,12,13)(H,17,18). The lowest BCUT2D eigenvalue weighted by atomic mass is 10.3. The molecule has 10 nitrogen and oxygen atoms in total. The van der Waals surface area contributed by atoms with Crippen LogP contribution in [0.25, 0.3) is 0 Å². The summed E-state index contributed by atoms with van der Waals surface area (Å²) in [5.74, 6) is -1.39. The van der Waals surface area contributed by atoms with E-state index in [0.717, 1.165) is 10.9 Å². The van der Waals surface area contributed by atoms with Crippen molar-refractivity contribution in [2.75, 3.05) is 4.72 Å². The van der Waals surface area contributed by atoms with Gasteiger partial charge >= 0.3 is 5.97 Å². The third-order valence-electron chi connectivity index (χ3n) is 2.64. The van der Waals surface area contributed by atoms with Gasteiger partial charge in [0.25, 0.3) is 16.0 Å². The van der Waals surface area contributed by atoms with Gasteiger partial charge in [-0.2, -0.15) is 4.80 Å². The van der Waals surface area contributed by atoms with Gasteiger partial charge in [0.2, 0.25) is 0 Å². The number of sulfonamides is 1. The van der Waals surface area contributed by atoms with Crippen LogP contribution in [0.3, 0.4) is 0 Å². The molecule has 0 fully saturated rings. The number of tetrazole rings is 1. The van der Waals surface area contributed by atoms with E-state index in [1.54, 1.807) is 13.8 Å². The normalized spacial score (nSPS) is 11.8. The van der Waals surface area contributed by atoms with Crippen molar-refractivity contribution in [2.45, 2.75) is 24.8 Å². The Bertz CT molecular complexity index is 775. The van der Waals surface area contributed by atoms with Crippen molar-refractivity contribution in [1.82, 2.24) is 24.8 Å². The smallest absolute Gasteiger partial charge is 0.352 e. The van der Waals surface area contributed by atoms with Gasteiger partial charge in [0.05, 0.1) is 7.05 Å². The minimum atomic E-state index is -3.98. The largest absolute Gasteiger partial charge is 0.477 e. The average Bonchev–Trinajstić information content (AvgIpc) is 2.95. The molecule has 0 bridgehead atoms. The highest BCUT2D eigenvalue weighted by Gasteiger charge is 2.23. The number of aromatic nitrogens is 5. The third kappa shape index (κ3) is 3.02. The van der Waals surface area contributed by atoms with E-state index in [2.05, 4.69) is 20.1 Å². The molecule has 0 spiro atoms. The molecule has 2 aromatic rings. The monoisotopic (exact) mass is 314 g/mol. The predicted octanol–water partition coefficient (Wildman–Crippen LogP) is 0.0915. The van der Waals surface area contributed by atoms with Gasteiger partial charge in [-0.05, 0) is 25.1 Å². The highest BCUT2D eigenvalue weighted by atomic mass is 32.2. The maximum Gasteiger partial charge on any atom is 0.352 e. The quantitative estimate of drug-likeness (QED) is 0.799. The van der Waals surface area contributed by atoms with Crippen molar-refractivity contribution in [3.8, 4) is 0 Å². The zero-order valence-electron chi connectivity index (χ0n) is 11.5. The summed E-state index contributed by atoms with van der Waals surface area (Å²) in [7, 11) is -2.49. The first-order valence-electron chi connectivity index (χ1n) is 5.92. The number of nitrogens with one attached hydrogen (secondary N) is 1. The maximum absolute atomic E-state index is 12.2. The number of carboxylic acids is 1. The highest BCUT2D eigenvalue weighted by Crippen LogP contribution is 2.20. The Labute approximate surface area is 120 Å². The number of aryl methyl sites for hydroxylation is 1. The van der Waals surface area contributed by atoms with Gasteiger partial charge < -0.3 is 9.67 Å². The first kappa shape index (κ1) is 15.0. The summed E-state index contributed by atoms with van der Waals surface area (Å²) < 4.78 is 27.9. The first-order chi connectivity index (χ1) is 9.70. The predicted molar refractivity (Wildman–Crippen MR) is 71.4 cm³/mol. The number of aromatic carboxylic acids is 1. The molecule has 0 aliphatic heterocycles. The van der Waals surface area contributed by atoms with Crippen molar-refractivity contribution < 1.29 is 18.3 Å². The van der Waals surface area contributed by atoms with Gasteiger partial charge in [0.15, 0.2) is 0 Å². The van der Waals surface area contributed by atoms with Crippen LogP contribution in [0.5, 0.6) is 0 Å². The van der Waals surface area contributed by atoms with Crippen LogP contribution in [0.4, 0.5) is 5.95 Å². The zero-order valence-corrected chi connectivity index (χ0v) is 12.4. The molecule has 0 aromatic carbocycles. The fraction of sp³-hybridized carbons (Fsp3) is 0.400. The molecule has 0 saturated heterocycles. The molecule has 0 unspecified atom stereocenters. The van der Waals surface area contributed by atoms with Crippen LogP contribution < -0.4 is 4.72 Å². The molecule has 2 heterocycles. The lowest BCUT2D eigenvalue weighted by Crippen LogP contribution is -2.13. The van der Waals surface area contributed by atoms with E-state index in [-0.39, 0.29) is 22.6 Å². The molecule has 2 N–H and O–H groups in total. The molecular formula is C10H14N6O4S. The van der Waals surface area contributed by atoms with Crippen LogP contribution in [0.15, 0.2) is 17.2 Å². The number of carbonyl (C=O) groups is 1. The molecule has 11 heteroatoms. The molecule has 0 amide bonds. The molecule has 21 heavy (non-hydrogen) atoms. The second-order valence-electron chi connectivity index (χ2n) is 4.58. The van der Waals surface area contributed by atoms with Crippen molar-refractivity contribution in [1.29, 1.82) is 0 Å². The summed E-state index contributed by atoms with van der Waals surface area (Å²) in [4.78, 5) is 12.1. The SMILES string of the molecule is CC(C)n1cc(S(=O)(=O)Nc2nnn(C)n2)cc1C(=O)O. The topological polar surface area (TPSA) is 132 Å². The molecule has 0 radical (unpaired) electrons. The molecule has 0 atom stereocenters. The summed E-state index contributed by atoms with van der Waals surface area (Å²) in [5.41, 5.74) is -0.113. The van der Waals surface area contributed by atoms with E-state index >= 15 is 0 Å².